The summed E-state index contributed by atoms with van der Waals surface area (Å²) in [5, 5.41) is 22.2. The number of nitrogens with one attached hydrogen (secondary N) is 2. The minimum atomic E-state index is -0.607. The van der Waals surface area contributed by atoms with Crippen molar-refractivity contribution in [2.45, 2.75) is 6.54 Å². The van der Waals surface area contributed by atoms with Gasteiger partial charge in [-0.3, -0.25) is 4.79 Å². The van der Waals surface area contributed by atoms with E-state index in [9.17, 15) is 9.18 Å². The number of anilines is 2. The molecule has 0 saturated heterocycles. The summed E-state index contributed by atoms with van der Waals surface area (Å²) in [4.78, 5) is 12.7. The van der Waals surface area contributed by atoms with Gasteiger partial charge in [-0.1, -0.05) is 35.5 Å². The van der Waals surface area contributed by atoms with Crippen molar-refractivity contribution in [1.29, 1.82) is 0 Å². The van der Waals surface area contributed by atoms with Gasteiger partial charge in [-0.2, -0.15) is 9.78 Å². The number of carbonyl (C=O) groups is 1. The lowest BCUT2D eigenvalue weighted by molar-refractivity contribution is 0.0949. The molecule has 1 amide bonds. The average Bonchev–Trinajstić information content (AvgIpc) is 3.40. The van der Waals surface area contributed by atoms with Crippen LogP contribution in [0.1, 0.15) is 21.7 Å². The maximum Gasteiger partial charge on any atom is 0.293 e. The first kappa shape index (κ1) is 19.7. The van der Waals surface area contributed by atoms with E-state index in [1.807, 2.05) is 30.3 Å². The number of rotatable bonds is 7. The molecule has 0 aliphatic rings. The third-order valence-electron chi connectivity index (χ3n) is 4.16. The second kappa shape index (κ2) is 8.82. The van der Waals surface area contributed by atoms with Gasteiger partial charge in [0.25, 0.3) is 5.91 Å². The van der Waals surface area contributed by atoms with Crippen molar-refractivity contribution in [1.82, 2.24) is 30.7 Å². The van der Waals surface area contributed by atoms with E-state index in [2.05, 4.69) is 41.1 Å². The minimum Gasteiger partial charge on any atom is -0.379 e. The third-order valence-corrected chi connectivity index (χ3v) is 4.16. The number of hydrogen-bond donors (Lipinski definition) is 3. The summed E-state index contributed by atoms with van der Waals surface area (Å²) in [5.41, 5.74) is 9.93. The van der Waals surface area contributed by atoms with Gasteiger partial charge >= 0.3 is 0 Å². The molecule has 11 nitrogen and oxygen atoms in total. The first-order valence-electron chi connectivity index (χ1n) is 9.02. The molecular formula is C19H16FN9O2. The molecule has 0 spiro atoms. The van der Waals surface area contributed by atoms with Crippen molar-refractivity contribution in [2.75, 3.05) is 11.1 Å². The summed E-state index contributed by atoms with van der Waals surface area (Å²) < 4.78 is 18.9. The molecule has 0 unspecified atom stereocenters. The SMILES string of the molecule is Nc1nonc1-n1nnc(C(=O)N/N=C\c2ccc(F)cc2)c1CNc1ccccc1. The molecule has 4 rings (SSSR count). The fraction of sp³-hybridized carbons (Fsp3) is 0.0526. The lowest BCUT2D eigenvalue weighted by Crippen LogP contribution is -2.21. The zero-order valence-corrected chi connectivity index (χ0v) is 15.9. The van der Waals surface area contributed by atoms with Crippen molar-refractivity contribution in [3.63, 3.8) is 0 Å². The average molecular weight is 421 g/mol. The van der Waals surface area contributed by atoms with Crippen LogP contribution < -0.4 is 16.5 Å². The smallest absolute Gasteiger partial charge is 0.293 e. The van der Waals surface area contributed by atoms with Gasteiger partial charge in [0.05, 0.1) is 18.5 Å². The fourth-order valence-corrected chi connectivity index (χ4v) is 2.65. The van der Waals surface area contributed by atoms with Gasteiger partial charge in [0.15, 0.2) is 5.69 Å². The number of carbonyl (C=O) groups excluding carboxylic acids is 1. The largest absolute Gasteiger partial charge is 0.379 e. The van der Waals surface area contributed by atoms with Crippen LogP contribution in [0.4, 0.5) is 15.9 Å². The highest BCUT2D eigenvalue weighted by Crippen LogP contribution is 2.17. The molecule has 0 radical (unpaired) electrons. The van der Waals surface area contributed by atoms with Crippen LogP contribution >= 0.6 is 0 Å². The maximum atomic E-state index is 13.0. The number of hydrogen-bond acceptors (Lipinski definition) is 9. The normalized spacial score (nSPS) is 11.0. The van der Waals surface area contributed by atoms with E-state index in [1.54, 1.807) is 0 Å². The van der Waals surface area contributed by atoms with Gasteiger partial charge in [-0.25, -0.2) is 14.4 Å². The second-order valence-electron chi connectivity index (χ2n) is 6.24. The molecule has 12 heteroatoms. The molecule has 0 aliphatic heterocycles. The van der Waals surface area contributed by atoms with E-state index in [1.165, 1.54) is 35.2 Å². The van der Waals surface area contributed by atoms with Gasteiger partial charge in [-0.15, -0.1) is 5.10 Å². The first-order valence-corrected chi connectivity index (χ1v) is 9.02. The Kier molecular flexibility index (Phi) is 5.60. The molecule has 0 fully saturated rings. The van der Waals surface area contributed by atoms with Gasteiger partial charge in [0.1, 0.15) is 5.82 Å². The lowest BCUT2D eigenvalue weighted by atomic mass is 10.2. The Labute approximate surface area is 174 Å². The lowest BCUT2D eigenvalue weighted by Gasteiger charge is -2.08. The number of para-hydroxylation sites is 1. The zero-order valence-electron chi connectivity index (χ0n) is 15.9. The van der Waals surface area contributed by atoms with Crippen LogP contribution in [0.3, 0.4) is 0 Å². The van der Waals surface area contributed by atoms with E-state index < -0.39 is 5.91 Å². The number of benzene rings is 2. The molecule has 2 heterocycles. The molecule has 0 aliphatic carbocycles. The van der Waals surface area contributed by atoms with Crippen molar-refractivity contribution < 1.29 is 13.8 Å². The standard InChI is InChI=1S/C19H16FN9O2/c20-13-8-6-12(7-9-13)10-23-25-19(30)16-15(11-22-14-4-2-1-3-5-14)29(28-24-16)18-17(21)26-31-27-18/h1-10,22H,11H2,(H2,21,26)(H,25,30)/b23-10-. The molecule has 4 N–H and O–H groups in total. The Balaban J connectivity index is 1.57. The van der Waals surface area contributed by atoms with Gasteiger partial charge in [-0.05, 0) is 40.1 Å². The van der Waals surface area contributed by atoms with Crippen LogP contribution in [0.25, 0.3) is 5.82 Å². The minimum absolute atomic E-state index is 0.00193. The van der Waals surface area contributed by atoms with Gasteiger partial charge in [0.2, 0.25) is 11.6 Å². The van der Waals surface area contributed by atoms with E-state index in [0.717, 1.165) is 5.69 Å². The topological polar surface area (TPSA) is 149 Å². The van der Waals surface area contributed by atoms with Crippen LogP contribution in [0.2, 0.25) is 0 Å². The Hall–Kier alpha value is -4.61. The molecule has 156 valence electrons. The van der Waals surface area contributed by atoms with E-state index in [4.69, 9.17) is 5.73 Å². The molecule has 31 heavy (non-hydrogen) atoms. The highest BCUT2D eigenvalue weighted by molar-refractivity contribution is 5.94. The Morgan fingerprint density at radius 1 is 1.16 bits per heavy atom. The van der Waals surface area contributed by atoms with E-state index >= 15 is 0 Å². The predicted octanol–water partition coefficient (Wildman–Crippen LogP) is 1.75. The van der Waals surface area contributed by atoms with Crippen LogP contribution in [-0.2, 0) is 6.54 Å². The number of nitrogens with two attached hydrogens (primary N) is 1. The number of hydrazone groups is 1. The monoisotopic (exact) mass is 421 g/mol. The van der Waals surface area contributed by atoms with Crippen molar-refractivity contribution >= 4 is 23.6 Å². The summed E-state index contributed by atoms with van der Waals surface area (Å²) in [6.07, 6.45) is 1.38. The number of amides is 1. The number of aromatic nitrogens is 5. The zero-order chi connectivity index (χ0) is 21.6. The molecule has 0 atom stereocenters. The Morgan fingerprint density at radius 3 is 2.65 bits per heavy atom. The first-order chi connectivity index (χ1) is 15.1. The molecule has 0 bridgehead atoms. The quantitative estimate of drug-likeness (QED) is 0.302. The number of nitrogen functional groups attached to an aromatic ring is 1. The molecular weight excluding hydrogens is 405 g/mol. The fourth-order valence-electron chi connectivity index (χ4n) is 2.65. The number of halogens is 1. The molecule has 2 aromatic carbocycles. The van der Waals surface area contributed by atoms with Gasteiger partial charge in [0, 0.05) is 5.69 Å². The Morgan fingerprint density at radius 2 is 1.94 bits per heavy atom. The summed E-state index contributed by atoms with van der Waals surface area (Å²) in [6, 6.07) is 15.0. The summed E-state index contributed by atoms with van der Waals surface area (Å²) in [5.74, 6) is -0.877. The van der Waals surface area contributed by atoms with Crippen molar-refractivity contribution in [3.05, 3.63) is 77.4 Å². The summed E-state index contributed by atoms with van der Waals surface area (Å²) >= 11 is 0. The predicted molar refractivity (Wildman–Crippen MR) is 109 cm³/mol. The molecule has 4 aromatic rings. The second-order valence-corrected chi connectivity index (χ2v) is 6.24. The van der Waals surface area contributed by atoms with Gasteiger partial charge < -0.3 is 11.1 Å². The van der Waals surface area contributed by atoms with E-state index in [-0.39, 0.29) is 29.7 Å². The third kappa shape index (κ3) is 4.53. The highest BCUT2D eigenvalue weighted by Gasteiger charge is 2.23. The highest BCUT2D eigenvalue weighted by atomic mass is 19.1. The van der Waals surface area contributed by atoms with Crippen molar-refractivity contribution in [2.24, 2.45) is 5.10 Å². The summed E-state index contributed by atoms with van der Waals surface area (Å²) in [7, 11) is 0. The molecule has 2 aromatic heterocycles. The summed E-state index contributed by atoms with van der Waals surface area (Å²) in [6.45, 7) is 0.174. The maximum absolute atomic E-state index is 13.0. The number of nitrogens with zero attached hydrogens (tertiary/aromatic N) is 6. The van der Waals surface area contributed by atoms with E-state index in [0.29, 0.717) is 11.3 Å². The van der Waals surface area contributed by atoms with Crippen LogP contribution in [-0.4, -0.2) is 37.4 Å². The van der Waals surface area contributed by atoms with Crippen LogP contribution in [0.5, 0.6) is 0 Å². The molecule has 0 saturated carbocycles. The van der Waals surface area contributed by atoms with Crippen LogP contribution in [0.15, 0.2) is 64.3 Å². The van der Waals surface area contributed by atoms with Crippen molar-refractivity contribution in [3.8, 4) is 5.82 Å². The van der Waals surface area contributed by atoms with Crippen LogP contribution in [0, 0.1) is 5.82 Å². The Bertz CT molecular complexity index is 1200.